The molecule has 0 aliphatic carbocycles. The van der Waals surface area contributed by atoms with Crippen LogP contribution in [0.25, 0.3) is 0 Å². The molecular formula is C4H2ClF9Si. The average molecular weight is 285 g/mol. The van der Waals surface area contributed by atoms with E-state index in [2.05, 4.69) is 11.1 Å². The molecule has 0 fully saturated rings. The summed E-state index contributed by atoms with van der Waals surface area (Å²) in [5.41, 5.74) is 0. The van der Waals surface area contributed by atoms with E-state index in [0.717, 1.165) is 0 Å². The highest BCUT2D eigenvalue weighted by atomic mass is 35.6. The summed E-state index contributed by atoms with van der Waals surface area (Å²) in [6, 6.07) is 0. The van der Waals surface area contributed by atoms with Crippen molar-refractivity contribution in [2.24, 2.45) is 0 Å². The standard InChI is InChI=1S/C4H2ClF9Si/c5-15-1(2(6,7)8,3(9,10)11)4(12,13)14/h15H2. The Balaban J connectivity index is 5.78. The van der Waals surface area contributed by atoms with Crippen LogP contribution in [-0.2, 0) is 0 Å². The van der Waals surface area contributed by atoms with Crippen LogP contribution >= 0.6 is 11.1 Å². The highest BCUT2D eigenvalue weighted by molar-refractivity contribution is 6.95. The molecule has 0 unspecified atom stereocenters. The molecule has 0 aromatic heterocycles. The predicted octanol–water partition coefficient (Wildman–Crippen LogP) is 3.15. The van der Waals surface area contributed by atoms with E-state index in [0.29, 0.717) is 0 Å². The molecule has 0 saturated heterocycles. The van der Waals surface area contributed by atoms with Gasteiger partial charge in [-0.2, -0.15) is 50.6 Å². The van der Waals surface area contributed by atoms with E-state index in [1.54, 1.807) is 0 Å². The Hall–Kier alpha value is -0.123. The van der Waals surface area contributed by atoms with Gasteiger partial charge in [0.1, 0.15) is 0 Å². The molecule has 0 bridgehead atoms. The molecule has 0 amide bonds. The van der Waals surface area contributed by atoms with Crippen molar-refractivity contribution in [3.05, 3.63) is 0 Å². The fraction of sp³-hybridized carbons (Fsp3) is 1.00. The smallest absolute Gasteiger partial charge is 0.174 e. The monoisotopic (exact) mass is 284 g/mol. The van der Waals surface area contributed by atoms with Gasteiger partial charge in [0.25, 0.3) is 5.04 Å². The van der Waals surface area contributed by atoms with Gasteiger partial charge in [-0.15, -0.1) is 0 Å². The SMILES string of the molecule is FC(F)(F)C([SiH2]Cl)(C(F)(F)F)C(F)(F)F. The zero-order valence-corrected chi connectivity index (χ0v) is 8.66. The Bertz CT molecular complexity index is 188. The molecule has 92 valence electrons. The number of halogens is 10. The molecule has 15 heavy (non-hydrogen) atoms. The van der Waals surface area contributed by atoms with Gasteiger partial charge in [-0.3, -0.25) is 0 Å². The molecule has 0 aromatic rings. The molecule has 11 heteroatoms. The highest BCUT2D eigenvalue weighted by Crippen LogP contribution is 2.64. The zero-order valence-electron chi connectivity index (χ0n) is 6.49. The lowest BCUT2D eigenvalue weighted by Gasteiger charge is -2.36. The van der Waals surface area contributed by atoms with E-state index in [1.165, 1.54) is 0 Å². The van der Waals surface area contributed by atoms with Crippen LogP contribution in [0.3, 0.4) is 0 Å². The van der Waals surface area contributed by atoms with Gasteiger partial charge in [0, 0.05) is 0 Å². The van der Waals surface area contributed by atoms with Crippen LogP contribution in [-0.4, -0.2) is 27.4 Å². The van der Waals surface area contributed by atoms with Crippen LogP contribution in [0, 0.1) is 0 Å². The average Bonchev–Trinajstić information content (AvgIpc) is 1.76. The van der Waals surface area contributed by atoms with Gasteiger partial charge in [0.05, 0.1) is 0 Å². The lowest BCUT2D eigenvalue weighted by Crippen LogP contribution is -2.55. The van der Waals surface area contributed by atoms with E-state index >= 15 is 0 Å². The number of rotatable bonds is 1. The van der Waals surface area contributed by atoms with Crippen LogP contribution in [0.15, 0.2) is 0 Å². The second-order valence-corrected chi connectivity index (χ2v) is 4.66. The topological polar surface area (TPSA) is 0 Å². The van der Waals surface area contributed by atoms with Crippen LogP contribution in [0.4, 0.5) is 39.5 Å². The first-order chi connectivity index (χ1) is 6.31. The molecule has 0 aromatic carbocycles. The molecule has 0 nitrogen and oxygen atoms in total. The summed E-state index contributed by atoms with van der Waals surface area (Å²) in [6.07, 6.45) is -19.5. The van der Waals surface area contributed by atoms with Crippen molar-refractivity contribution >= 4 is 19.9 Å². The quantitative estimate of drug-likeness (QED) is 0.394. The van der Waals surface area contributed by atoms with Crippen LogP contribution < -0.4 is 0 Å². The summed E-state index contributed by atoms with van der Waals surface area (Å²) in [5.74, 6) is 0. The second kappa shape index (κ2) is 3.72. The molecular weight excluding hydrogens is 283 g/mol. The number of hydrogen-bond acceptors (Lipinski definition) is 0. The van der Waals surface area contributed by atoms with E-state index in [9.17, 15) is 39.5 Å². The predicted molar refractivity (Wildman–Crippen MR) is 35.3 cm³/mol. The van der Waals surface area contributed by atoms with E-state index in [4.69, 9.17) is 0 Å². The summed E-state index contributed by atoms with van der Waals surface area (Å²) in [6.45, 7) is 0. The van der Waals surface area contributed by atoms with Gasteiger partial charge in [0.15, 0.2) is 8.83 Å². The van der Waals surface area contributed by atoms with Crippen molar-refractivity contribution in [1.29, 1.82) is 0 Å². The lowest BCUT2D eigenvalue weighted by atomic mass is 10.1. The van der Waals surface area contributed by atoms with Crippen molar-refractivity contribution in [3.8, 4) is 0 Å². The van der Waals surface area contributed by atoms with Crippen molar-refractivity contribution in [1.82, 2.24) is 0 Å². The number of alkyl halides is 9. The highest BCUT2D eigenvalue weighted by Gasteiger charge is 2.83. The lowest BCUT2D eigenvalue weighted by molar-refractivity contribution is -0.354. The Morgan fingerprint density at radius 1 is 0.600 bits per heavy atom. The Morgan fingerprint density at radius 3 is 0.800 bits per heavy atom. The van der Waals surface area contributed by atoms with Crippen molar-refractivity contribution in [2.75, 3.05) is 0 Å². The van der Waals surface area contributed by atoms with Crippen LogP contribution in [0.2, 0.25) is 5.04 Å². The summed E-state index contributed by atoms with van der Waals surface area (Å²) in [4.78, 5) is 0. The first-order valence-electron chi connectivity index (χ1n) is 3.07. The Morgan fingerprint density at radius 2 is 0.800 bits per heavy atom. The zero-order chi connectivity index (χ0) is 12.7. The molecule has 0 aliphatic heterocycles. The molecule has 0 atom stereocenters. The molecule has 0 N–H and O–H groups in total. The fourth-order valence-corrected chi connectivity index (χ4v) is 2.53. The van der Waals surface area contributed by atoms with Gasteiger partial charge in [-0.1, -0.05) is 0 Å². The van der Waals surface area contributed by atoms with E-state index in [-0.39, 0.29) is 0 Å². The molecule has 0 radical (unpaired) electrons. The maximum absolute atomic E-state index is 11.9. The summed E-state index contributed by atoms with van der Waals surface area (Å²) in [5, 5.41) is -5.74. The third kappa shape index (κ3) is 2.19. The van der Waals surface area contributed by atoms with Crippen molar-refractivity contribution in [2.45, 2.75) is 23.6 Å². The fourth-order valence-electron chi connectivity index (χ4n) is 0.709. The summed E-state index contributed by atoms with van der Waals surface area (Å²) < 4.78 is 107. The molecule has 0 spiro atoms. The van der Waals surface area contributed by atoms with Crippen molar-refractivity contribution < 1.29 is 39.5 Å². The maximum atomic E-state index is 11.9. The normalized spacial score (nSPS) is 16.4. The van der Waals surface area contributed by atoms with Gasteiger partial charge < -0.3 is 0 Å². The first kappa shape index (κ1) is 14.9. The van der Waals surface area contributed by atoms with E-state index < -0.39 is 32.4 Å². The molecule has 0 rings (SSSR count). The van der Waals surface area contributed by atoms with Gasteiger partial charge >= 0.3 is 18.5 Å². The molecule has 0 saturated carbocycles. The molecule has 0 heterocycles. The van der Waals surface area contributed by atoms with Crippen LogP contribution in [0.1, 0.15) is 0 Å². The third-order valence-electron chi connectivity index (χ3n) is 1.65. The number of hydrogen-bond donors (Lipinski definition) is 0. The summed E-state index contributed by atoms with van der Waals surface area (Å²) in [7, 11) is -3.99. The molecule has 0 aliphatic rings. The maximum Gasteiger partial charge on any atom is 0.410 e. The first-order valence-corrected chi connectivity index (χ1v) is 5.92. The van der Waals surface area contributed by atoms with Gasteiger partial charge in [-0.25, -0.2) is 0 Å². The van der Waals surface area contributed by atoms with Crippen molar-refractivity contribution in [3.63, 3.8) is 0 Å². The van der Waals surface area contributed by atoms with E-state index in [1.807, 2.05) is 0 Å². The minimum absolute atomic E-state index is 3.99. The minimum atomic E-state index is -6.49. The van der Waals surface area contributed by atoms with Gasteiger partial charge in [0.2, 0.25) is 0 Å². The van der Waals surface area contributed by atoms with Gasteiger partial charge in [-0.05, 0) is 0 Å². The summed E-state index contributed by atoms with van der Waals surface area (Å²) >= 11 is 4.36. The Kier molecular flexibility index (Phi) is 3.69. The Labute approximate surface area is 83.9 Å². The minimum Gasteiger partial charge on any atom is -0.174 e. The largest absolute Gasteiger partial charge is 0.410 e. The third-order valence-corrected chi connectivity index (χ3v) is 4.46. The van der Waals surface area contributed by atoms with Crippen LogP contribution in [0.5, 0.6) is 0 Å². The second-order valence-electron chi connectivity index (χ2n) is 2.53.